The zero-order chi connectivity index (χ0) is 24.5. The second kappa shape index (κ2) is 10.0. The smallest absolute Gasteiger partial charge is 0.282 e. The highest BCUT2D eigenvalue weighted by Gasteiger charge is 2.28. The topological polar surface area (TPSA) is 80.4 Å². The maximum atomic E-state index is 13.9. The van der Waals surface area contributed by atoms with Gasteiger partial charge < -0.3 is 10.2 Å². The zero-order valence-corrected chi connectivity index (χ0v) is 20.3. The van der Waals surface area contributed by atoms with Crippen molar-refractivity contribution in [2.24, 2.45) is 11.8 Å². The van der Waals surface area contributed by atoms with Gasteiger partial charge in [-0.05, 0) is 43.6 Å². The first-order chi connectivity index (χ1) is 16.9. The van der Waals surface area contributed by atoms with Gasteiger partial charge in [-0.2, -0.15) is 10.2 Å². The predicted octanol–water partition coefficient (Wildman–Crippen LogP) is 4.09. The van der Waals surface area contributed by atoms with Crippen molar-refractivity contribution >= 4 is 17.2 Å². The summed E-state index contributed by atoms with van der Waals surface area (Å²) in [7, 11) is 0. The summed E-state index contributed by atoms with van der Waals surface area (Å²) in [6.45, 7) is 7.88. The number of Topliss-reactive ketones (excluding diaryl/α,β-unsaturated/α-hetero) is 1. The van der Waals surface area contributed by atoms with E-state index in [0.717, 1.165) is 57.7 Å². The van der Waals surface area contributed by atoms with E-state index in [1.807, 2.05) is 6.07 Å². The number of ketones is 1. The number of rotatable bonds is 7. The van der Waals surface area contributed by atoms with Crippen LogP contribution in [-0.2, 0) is 6.42 Å². The van der Waals surface area contributed by atoms with Crippen molar-refractivity contribution in [3.8, 4) is 0 Å². The van der Waals surface area contributed by atoms with Crippen molar-refractivity contribution in [1.82, 2.24) is 29.7 Å². The number of aromatic nitrogens is 5. The van der Waals surface area contributed by atoms with Crippen LogP contribution in [0.15, 0.2) is 24.7 Å². The van der Waals surface area contributed by atoms with E-state index < -0.39 is 6.43 Å². The maximum Gasteiger partial charge on any atom is 0.282 e. The van der Waals surface area contributed by atoms with Gasteiger partial charge in [0.1, 0.15) is 11.5 Å². The molecule has 3 aromatic rings. The third-order valence-corrected chi connectivity index (χ3v) is 7.55. The fraction of sp³-hybridized carbons (Fsp3) is 0.600. The number of anilines is 1. The van der Waals surface area contributed by atoms with E-state index in [0.29, 0.717) is 23.0 Å². The molecule has 0 unspecified atom stereocenters. The van der Waals surface area contributed by atoms with Gasteiger partial charge in [-0.3, -0.25) is 9.48 Å². The van der Waals surface area contributed by atoms with Crippen LogP contribution in [0, 0.1) is 11.8 Å². The summed E-state index contributed by atoms with van der Waals surface area (Å²) in [4.78, 5) is 20.1. The Morgan fingerprint density at radius 3 is 2.60 bits per heavy atom. The summed E-state index contributed by atoms with van der Waals surface area (Å²) in [6, 6.07) is 1.98. The van der Waals surface area contributed by atoms with E-state index in [2.05, 4.69) is 39.2 Å². The molecular weight excluding hydrogens is 452 g/mol. The number of halogens is 2. The molecule has 35 heavy (non-hydrogen) atoms. The molecule has 10 heteroatoms. The average molecular weight is 486 g/mol. The van der Waals surface area contributed by atoms with Crippen LogP contribution in [0.25, 0.3) is 5.65 Å². The van der Waals surface area contributed by atoms with Gasteiger partial charge in [0.05, 0.1) is 17.8 Å². The minimum Gasteiger partial charge on any atom is -0.354 e. The van der Waals surface area contributed by atoms with Gasteiger partial charge in [-0.15, -0.1) is 0 Å². The number of nitrogens with zero attached hydrogens (tertiary/aromatic N) is 6. The number of carbonyl (C=O) groups excluding carboxylic acids is 1. The first-order valence-electron chi connectivity index (χ1n) is 12.6. The average Bonchev–Trinajstić information content (AvgIpc) is 3.49. The highest BCUT2D eigenvalue weighted by atomic mass is 19.3. The van der Waals surface area contributed by atoms with Crippen molar-refractivity contribution in [1.29, 1.82) is 0 Å². The Morgan fingerprint density at radius 1 is 1.17 bits per heavy atom. The maximum absolute atomic E-state index is 13.9. The van der Waals surface area contributed by atoms with Crippen LogP contribution in [0.2, 0.25) is 0 Å². The number of hydrogen-bond donors (Lipinski definition) is 1. The van der Waals surface area contributed by atoms with E-state index in [4.69, 9.17) is 0 Å². The van der Waals surface area contributed by atoms with Crippen LogP contribution >= 0.6 is 0 Å². The number of alkyl halides is 2. The van der Waals surface area contributed by atoms with E-state index in [1.165, 1.54) is 6.20 Å². The Bertz CT molecular complexity index is 1170. The number of carbonyl (C=O) groups is 1. The van der Waals surface area contributed by atoms with Crippen LogP contribution in [0.4, 0.5) is 14.6 Å². The minimum absolute atomic E-state index is 0.103. The quantitative estimate of drug-likeness (QED) is 0.508. The molecule has 0 amide bonds. The van der Waals surface area contributed by atoms with E-state index in [1.54, 1.807) is 21.6 Å². The van der Waals surface area contributed by atoms with Crippen LogP contribution in [0.3, 0.4) is 0 Å². The molecular formula is C25H33F2N7O. The molecule has 3 aromatic heterocycles. The Morgan fingerprint density at radius 2 is 1.91 bits per heavy atom. The lowest BCUT2D eigenvalue weighted by Gasteiger charge is -2.30. The monoisotopic (exact) mass is 485 g/mol. The second-order valence-corrected chi connectivity index (χ2v) is 10.1. The molecule has 0 atom stereocenters. The molecule has 0 spiro atoms. The highest BCUT2D eigenvalue weighted by Crippen LogP contribution is 2.36. The largest absolute Gasteiger partial charge is 0.354 e. The number of nitrogens with one attached hydrogen (secondary N) is 1. The molecule has 4 heterocycles. The number of piperazine rings is 1. The summed E-state index contributed by atoms with van der Waals surface area (Å²) >= 11 is 0. The third-order valence-electron chi connectivity index (χ3n) is 7.55. The summed E-state index contributed by atoms with van der Waals surface area (Å²) in [6.07, 6.45) is 6.03. The first kappa shape index (κ1) is 23.8. The fourth-order valence-corrected chi connectivity index (χ4v) is 5.38. The van der Waals surface area contributed by atoms with Crippen molar-refractivity contribution in [3.63, 3.8) is 0 Å². The molecule has 0 bridgehead atoms. The number of hydrogen-bond acceptors (Lipinski definition) is 6. The Hall–Kier alpha value is -2.88. The highest BCUT2D eigenvalue weighted by molar-refractivity contribution is 6.02. The van der Waals surface area contributed by atoms with Crippen molar-refractivity contribution < 1.29 is 13.6 Å². The van der Waals surface area contributed by atoms with Crippen LogP contribution < -0.4 is 10.2 Å². The molecule has 1 N–H and O–H groups in total. The summed E-state index contributed by atoms with van der Waals surface area (Å²) in [5, 5.41) is 11.8. The predicted molar refractivity (Wildman–Crippen MR) is 129 cm³/mol. The molecule has 1 aliphatic carbocycles. The van der Waals surface area contributed by atoms with Gasteiger partial charge in [0.2, 0.25) is 0 Å². The Kier molecular flexibility index (Phi) is 6.82. The van der Waals surface area contributed by atoms with Gasteiger partial charge in [0.25, 0.3) is 6.43 Å². The van der Waals surface area contributed by atoms with E-state index in [-0.39, 0.29) is 29.5 Å². The second-order valence-electron chi connectivity index (χ2n) is 10.1. The zero-order valence-electron chi connectivity index (χ0n) is 20.3. The lowest BCUT2D eigenvalue weighted by Crippen LogP contribution is -2.43. The van der Waals surface area contributed by atoms with Crippen molar-refractivity contribution in [3.05, 3.63) is 41.5 Å². The van der Waals surface area contributed by atoms with E-state index >= 15 is 0 Å². The standard InChI is InChI=1S/C25H33F2N7O/c1-16(2)17-3-5-19(6-4-17)34-15-18(23(31-34)24(26)27)13-21(35)20-14-29-33-10-7-22(30-25(20)33)32-11-8-28-9-12-32/h7,10,14-17,19,24,28H,3-6,8-9,11-13H2,1-2H3. The molecule has 2 fully saturated rings. The minimum atomic E-state index is -2.73. The van der Waals surface area contributed by atoms with E-state index in [9.17, 15) is 13.6 Å². The van der Waals surface area contributed by atoms with Gasteiger partial charge in [0.15, 0.2) is 11.4 Å². The van der Waals surface area contributed by atoms with Crippen LogP contribution in [-0.4, -0.2) is 56.3 Å². The van der Waals surface area contributed by atoms with Gasteiger partial charge in [-0.1, -0.05) is 13.8 Å². The Balaban J connectivity index is 1.36. The summed E-state index contributed by atoms with van der Waals surface area (Å²) in [5.41, 5.74) is 0.778. The summed E-state index contributed by atoms with van der Waals surface area (Å²) in [5.74, 6) is 1.80. The molecule has 1 aliphatic heterocycles. The van der Waals surface area contributed by atoms with Gasteiger partial charge >= 0.3 is 0 Å². The lowest BCUT2D eigenvalue weighted by atomic mass is 9.80. The molecule has 5 rings (SSSR count). The molecule has 188 valence electrons. The normalized spacial score (nSPS) is 21.4. The Labute approximate surface area is 203 Å². The molecule has 0 radical (unpaired) electrons. The third kappa shape index (κ3) is 4.94. The summed E-state index contributed by atoms with van der Waals surface area (Å²) < 4.78 is 30.9. The van der Waals surface area contributed by atoms with Crippen molar-refractivity contribution in [2.75, 3.05) is 31.1 Å². The van der Waals surface area contributed by atoms with Crippen LogP contribution in [0.1, 0.15) is 73.6 Å². The fourth-order valence-electron chi connectivity index (χ4n) is 5.38. The SMILES string of the molecule is CC(C)C1CCC(n2cc(CC(=O)c3cnn4ccc(N5CCNCC5)nc34)c(C(F)F)n2)CC1. The van der Waals surface area contributed by atoms with Crippen LogP contribution in [0.5, 0.6) is 0 Å². The lowest BCUT2D eigenvalue weighted by molar-refractivity contribution is 0.0992. The molecule has 1 saturated heterocycles. The molecule has 1 saturated carbocycles. The molecule has 2 aliphatic rings. The first-order valence-corrected chi connectivity index (χ1v) is 12.6. The van der Waals surface area contributed by atoms with Gasteiger partial charge in [-0.25, -0.2) is 18.3 Å². The molecule has 0 aromatic carbocycles. The molecule has 8 nitrogen and oxygen atoms in total. The van der Waals surface area contributed by atoms with Gasteiger partial charge in [0, 0.05) is 50.6 Å². The number of fused-ring (bicyclic) bond motifs is 1. The van der Waals surface area contributed by atoms with Crippen molar-refractivity contribution in [2.45, 2.75) is 58.4 Å².